The van der Waals surface area contributed by atoms with Gasteiger partial charge in [-0.1, -0.05) is 6.92 Å². The predicted octanol–water partition coefficient (Wildman–Crippen LogP) is 1.68. The Balaban J connectivity index is 0. The highest BCUT2D eigenvalue weighted by molar-refractivity contribution is 5.75. The molecule has 0 aromatic carbocycles. The lowest BCUT2D eigenvalue weighted by Crippen LogP contribution is -2.25. The van der Waals surface area contributed by atoms with Crippen molar-refractivity contribution in [1.82, 2.24) is 0 Å². The summed E-state index contributed by atoms with van der Waals surface area (Å²) in [5.41, 5.74) is 0. The van der Waals surface area contributed by atoms with Crippen LogP contribution in [0, 0.1) is 0 Å². The van der Waals surface area contributed by atoms with Crippen molar-refractivity contribution in [3.05, 3.63) is 0 Å². The number of alkyl halides is 3. The van der Waals surface area contributed by atoms with Crippen LogP contribution in [-0.4, -0.2) is 31.8 Å². The van der Waals surface area contributed by atoms with Crippen LogP contribution in [0.1, 0.15) is 20.3 Å². The lowest BCUT2D eigenvalue weighted by molar-refractivity contribution is -0.199. The van der Waals surface area contributed by atoms with E-state index in [2.05, 4.69) is 9.47 Å². The molecule has 0 amide bonds. The Morgan fingerprint density at radius 2 is 1.67 bits per heavy atom. The molecule has 0 radical (unpaired) electrons. The van der Waals surface area contributed by atoms with Crippen LogP contribution in [0.4, 0.5) is 13.2 Å². The molecular weight excluding hydrogens is 217 g/mol. The second-order valence-electron chi connectivity index (χ2n) is 2.15. The first-order chi connectivity index (χ1) is 6.79. The molecule has 90 valence electrons. The summed E-state index contributed by atoms with van der Waals surface area (Å²) >= 11 is 0. The standard InChI is InChI=1S/C4H5F3O2.C4H8O2/c1-2-9-3(8)4(5,6)7;1-3-4(5)6-2/h2H2,1H3;3H2,1-2H3. The highest BCUT2D eigenvalue weighted by atomic mass is 19.4. The van der Waals surface area contributed by atoms with E-state index in [1.54, 1.807) is 6.92 Å². The SMILES string of the molecule is CCC(=O)OC.CCOC(=O)C(F)(F)F. The number of hydrogen-bond donors (Lipinski definition) is 0. The molecule has 0 spiro atoms. The maximum Gasteiger partial charge on any atom is 0.490 e. The van der Waals surface area contributed by atoms with E-state index < -0.39 is 12.1 Å². The van der Waals surface area contributed by atoms with Crippen molar-refractivity contribution in [2.75, 3.05) is 13.7 Å². The van der Waals surface area contributed by atoms with Crippen molar-refractivity contribution in [1.29, 1.82) is 0 Å². The topological polar surface area (TPSA) is 52.6 Å². The molecule has 0 heterocycles. The summed E-state index contributed by atoms with van der Waals surface area (Å²) in [7, 11) is 1.38. The molecule has 0 aliphatic heterocycles. The van der Waals surface area contributed by atoms with Gasteiger partial charge in [0.15, 0.2) is 0 Å². The zero-order chi connectivity index (χ0) is 12.5. The average molecular weight is 230 g/mol. The van der Waals surface area contributed by atoms with Crippen LogP contribution in [0.3, 0.4) is 0 Å². The van der Waals surface area contributed by atoms with Gasteiger partial charge in [-0.3, -0.25) is 4.79 Å². The van der Waals surface area contributed by atoms with Gasteiger partial charge in [0.2, 0.25) is 0 Å². The third-order valence-electron chi connectivity index (χ3n) is 1.02. The van der Waals surface area contributed by atoms with Crippen LogP contribution in [0.25, 0.3) is 0 Å². The second-order valence-corrected chi connectivity index (χ2v) is 2.15. The van der Waals surface area contributed by atoms with Gasteiger partial charge >= 0.3 is 18.1 Å². The minimum atomic E-state index is -4.85. The fourth-order valence-electron chi connectivity index (χ4n) is 0.357. The summed E-state index contributed by atoms with van der Waals surface area (Å²) in [6.07, 6.45) is -4.38. The highest BCUT2D eigenvalue weighted by Crippen LogP contribution is 2.15. The number of methoxy groups -OCH3 is 1. The molecular formula is C8H13F3O4. The van der Waals surface area contributed by atoms with Gasteiger partial charge in [-0.05, 0) is 6.92 Å². The molecule has 0 aliphatic carbocycles. The van der Waals surface area contributed by atoms with Crippen molar-refractivity contribution in [3.63, 3.8) is 0 Å². The number of ether oxygens (including phenoxy) is 2. The zero-order valence-electron chi connectivity index (χ0n) is 8.68. The third kappa shape index (κ3) is 10.7. The fourth-order valence-corrected chi connectivity index (χ4v) is 0.357. The number of rotatable bonds is 2. The molecule has 0 saturated heterocycles. The van der Waals surface area contributed by atoms with E-state index in [9.17, 15) is 22.8 Å². The summed E-state index contributed by atoms with van der Waals surface area (Å²) in [5.74, 6) is -2.29. The summed E-state index contributed by atoms with van der Waals surface area (Å²) in [5, 5.41) is 0. The van der Waals surface area contributed by atoms with E-state index in [0.717, 1.165) is 0 Å². The number of halogens is 3. The zero-order valence-corrected chi connectivity index (χ0v) is 8.68. The maximum atomic E-state index is 11.2. The highest BCUT2D eigenvalue weighted by Gasteiger charge is 2.40. The smallest absolute Gasteiger partial charge is 0.469 e. The van der Waals surface area contributed by atoms with Gasteiger partial charge in [-0.25, -0.2) is 4.79 Å². The van der Waals surface area contributed by atoms with Gasteiger partial charge in [0.1, 0.15) is 0 Å². The summed E-state index contributed by atoms with van der Waals surface area (Å²) in [4.78, 5) is 19.7. The van der Waals surface area contributed by atoms with Gasteiger partial charge in [0, 0.05) is 6.42 Å². The van der Waals surface area contributed by atoms with Crippen LogP contribution < -0.4 is 0 Å². The normalized spacial score (nSPS) is 9.73. The van der Waals surface area contributed by atoms with Gasteiger partial charge in [0.05, 0.1) is 13.7 Å². The van der Waals surface area contributed by atoms with Crippen molar-refractivity contribution < 1.29 is 32.2 Å². The largest absolute Gasteiger partial charge is 0.490 e. The quantitative estimate of drug-likeness (QED) is 0.677. The third-order valence-corrected chi connectivity index (χ3v) is 1.02. The van der Waals surface area contributed by atoms with Crippen LogP contribution in [0.5, 0.6) is 0 Å². The summed E-state index contributed by atoms with van der Waals surface area (Å²) in [6, 6.07) is 0. The van der Waals surface area contributed by atoms with Crippen LogP contribution in [0.2, 0.25) is 0 Å². The number of hydrogen-bond acceptors (Lipinski definition) is 4. The first-order valence-electron chi connectivity index (χ1n) is 4.10. The molecule has 0 saturated carbocycles. The Hall–Kier alpha value is -1.27. The lowest BCUT2D eigenvalue weighted by Gasteiger charge is -2.02. The number of esters is 2. The molecule has 7 heteroatoms. The van der Waals surface area contributed by atoms with E-state index in [4.69, 9.17) is 0 Å². The van der Waals surface area contributed by atoms with E-state index in [1.807, 2.05) is 0 Å². The lowest BCUT2D eigenvalue weighted by atomic mass is 10.5. The van der Waals surface area contributed by atoms with Crippen molar-refractivity contribution in [3.8, 4) is 0 Å². The van der Waals surface area contributed by atoms with Crippen LogP contribution in [-0.2, 0) is 19.1 Å². The molecule has 0 fully saturated rings. The molecule has 0 unspecified atom stereocenters. The Morgan fingerprint density at radius 1 is 1.20 bits per heavy atom. The van der Waals surface area contributed by atoms with Crippen LogP contribution >= 0.6 is 0 Å². The van der Waals surface area contributed by atoms with Gasteiger partial charge < -0.3 is 9.47 Å². The van der Waals surface area contributed by atoms with E-state index in [1.165, 1.54) is 14.0 Å². The van der Waals surface area contributed by atoms with Gasteiger partial charge in [-0.15, -0.1) is 0 Å². The maximum absolute atomic E-state index is 11.2. The monoisotopic (exact) mass is 230 g/mol. The van der Waals surface area contributed by atoms with Crippen molar-refractivity contribution >= 4 is 11.9 Å². The molecule has 0 atom stereocenters. The summed E-state index contributed by atoms with van der Waals surface area (Å²) < 4.78 is 41.4. The van der Waals surface area contributed by atoms with Crippen LogP contribution in [0.15, 0.2) is 0 Å². The van der Waals surface area contributed by atoms with Crippen molar-refractivity contribution in [2.24, 2.45) is 0 Å². The average Bonchev–Trinajstić information content (AvgIpc) is 2.16. The molecule has 15 heavy (non-hydrogen) atoms. The first kappa shape index (κ1) is 16.2. The molecule has 0 aromatic rings. The first-order valence-corrected chi connectivity index (χ1v) is 4.10. The Kier molecular flexibility index (Phi) is 8.70. The van der Waals surface area contributed by atoms with E-state index in [-0.39, 0.29) is 12.6 Å². The minimum absolute atomic E-state index is 0.157. The Morgan fingerprint density at radius 3 is 1.73 bits per heavy atom. The molecule has 0 N–H and O–H groups in total. The fraction of sp³-hybridized carbons (Fsp3) is 0.750. The molecule has 0 aliphatic rings. The summed E-state index contributed by atoms with van der Waals surface area (Å²) in [6.45, 7) is 2.81. The van der Waals surface area contributed by atoms with Crippen molar-refractivity contribution in [2.45, 2.75) is 26.4 Å². The molecule has 4 nitrogen and oxygen atoms in total. The number of carbonyl (C=O) groups excluding carboxylic acids is 2. The minimum Gasteiger partial charge on any atom is -0.469 e. The van der Waals surface area contributed by atoms with Gasteiger partial charge in [0.25, 0.3) is 0 Å². The van der Waals surface area contributed by atoms with E-state index >= 15 is 0 Å². The molecule has 0 rings (SSSR count). The Labute approximate surface area is 85.3 Å². The molecule has 0 aromatic heterocycles. The van der Waals surface area contributed by atoms with E-state index in [0.29, 0.717) is 6.42 Å². The number of carbonyl (C=O) groups is 2. The Bertz CT molecular complexity index is 195. The second kappa shape index (κ2) is 8.07. The molecule has 0 bridgehead atoms. The van der Waals surface area contributed by atoms with Gasteiger partial charge in [-0.2, -0.15) is 13.2 Å². The predicted molar refractivity (Wildman–Crippen MR) is 45.0 cm³/mol.